The van der Waals surface area contributed by atoms with E-state index in [4.69, 9.17) is 0 Å². The highest BCUT2D eigenvalue weighted by molar-refractivity contribution is 5.95. The van der Waals surface area contributed by atoms with Gasteiger partial charge in [0.15, 0.2) is 5.65 Å². The molecule has 0 spiro atoms. The highest BCUT2D eigenvalue weighted by Crippen LogP contribution is 2.25. The first-order valence-electron chi connectivity index (χ1n) is 10.3. The number of benzene rings is 2. The summed E-state index contributed by atoms with van der Waals surface area (Å²) >= 11 is 0. The number of nitrogens with zero attached hydrogens (tertiary/aromatic N) is 5. The number of hydrogen-bond donors (Lipinski definition) is 0. The van der Waals surface area contributed by atoms with Gasteiger partial charge in [0.1, 0.15) is 5.82 Å². The van der Waals surface area contributed by atoms with Crippen molar-refractivity contribution in [1.82, 2.24) is 19.5 Å². The zero-order valence-corrected chi connectivity index (χ0v) is 17.2. The van der Waals surface area contributed by atoms with Crippen LogP contribution in [-0.2, 0) is 0 Å². The number of fused-ring (bicyclic) bond motifs is 1. The molecule has 1 aliphatic rings. The Morgan fingerprint density at radius 2 is 1.65 bits per heavy atom. The first kappa shape index (κ1) is 19.2. The summed E-state index contributed by atoms with van der Waals surface area (Å²) in [5.41, 5.74) is 4.76. The van der Waals surface area contributed by atoms with Crippen LogP contribution >= 0.6 is 0 Å². The highest BCUT2D eigenvalue weighted by atomic mass is 19.1. The van der Waals surface area contributed by atoms with Crippen molar-refractivity contribution in [3.63, 3.8) is 0 Å². The van der Waals surface area contributed by atoms with Gasteiger partial charge in [-0.1, -0.05) is 30.3 Å². The van der Waals surface area contributed by atoms with Crippen LogP contribution in [0.1, 0.15) is 16.1 Å². The van der Waals surface area contributed by atoms with Gasteiger partial charge in [-0.2, -0.15) is 5.10 Å². The van der Waals surface area contributed by atoms with Gasteiger partial charge >= 0.3 is 0 Å². The maximum atomic E-state index is 13.3. The average Bonchev–Trinajstić information content (AvgIpc) is 3.25. The number of carbonyl (C=O) groups is 1. The van der Waals surface area contributed by atoms with Gasteiger partial charge in [0.25, 0.3) is 5.91 Å². The van der Waals surface area contributed by atoms with Crippen molar-refractivity contribution in [3.8, 4) is 11.1 Å². The lowest BCUT2D eigenvalue weighted by Gasteiger charge is -2.36. The van der Waals surface area contributed by atoms with Crippen molar-refractivity contribution < 1.29 is 9.18 Å². The smallest absolute Gasteiger partial charge is 0.257 e. The van der Waals surface area contributed by atoms with Crippen LogP contribution in [0, 0.1) is 12.7 Å². The summed E-state index contributed by atoms with van der Waals surface area (Å²) < 4.78 is 15.0. The molecule has 4 aromatic rings. The number of para-hydroxylation sites is 1. The van der Waals surface area contributed by atoms with Crippen molar-refractivity contribution in [3.05, 3.63) is 84.1 Å². The van der Waals surface area contributed by atoms with Crippen molar-refractivity contribution >= 4 is 17.2 Å². The lowest BCUT2D eigenvalue weighted by atomic mass is 10.1. The molecule has 0 bridgehead atoms. The zero-order valence-electron chi connectivity index (χ0n) is 17.2. The molecule has 1 fully saturated rings. The van der Waals surface area contributed by atoms with Crippen LogP contribution < -0.4 is 4.90 Å². The number of anilines is 1. The number of hydrogen-bond acceptors (Lipinski definition) is 4. The molecule has 0 radical (unpaired) electrons. The first-order valence-corrected chi connectivity index (χ1v) is 10.3. The van der Waals surface area contributed by atoms with Gasteiger partial charge in [0.2, 0.25) is 0 Å². The summed E-state index contributed by atoms with van der Waals surface area (Å²) in [4.78, 5) is 21.9. The van der Waals surface area contributed by atoms with Crippen LogP contribution in [0.5, 0.6) is 0 Å². The minimum Gasteiger partial charge on any atom is -0.368 e. The van der Waals surface area contributed by atoms with E-state index in [-0.39, 0.29) is 11.7 Å². The van der Waals surface area contributed by atoms with Gasteiger partial charge in [0.05, 0.1) is 17.5 Å². The second-order valence-corrected chi connectivity index (χ2v) is 7.67. The Labute approximate surface area is 179 Å². The molecular weight excluding hydrogens is 393 g/mol. The van der Waals surface area contributed by atoms with Crippen LogP contribution in [0.2, 0.25) is 0 Å². The summed E-state index contributed by atoms with van der Waals surface area (Å²) in [7, 11) is 0. The Kier molecular flexibility index (Phi) is 4.86. The molecule has 5 rings (SSSR count). The SMILES string of the molecule is Cc1c(C(=O)N2CCN(c3ccccc3)CC2)cnc2c(-c3ccc(F)cc3)cnn12. The number of aromatic nitrogens is 3. The van der Waals surface area contributed by atoms with E-state index in [1.807, 2.05) is 30.0 Å². The average molecular weight is 415 g/mol. The largest absolute Gasteiger partial charge is 0.368 e. The molecule has 0 unspecified atom stereocenters. The molecule has 0 saturated carbocycles. The number of halogens is 1. The quantitative estimate of drug-likeness (QED) is 0.511. The summed E-state index contributed by atoms with van der Waals surface area (Å²) in [6.45, 7) is 4.78. The fourth-order valence-corrected chi connectivity index (χ4v) is 4.06. The van der Waals surface area contributed by atoms with Crippen LogP contribution in [0.25, 0.3) is 16.8 Å². The van der Waals surface area contributed by atoms with Crippen LogP contribution in [0.4, 0.5) is 10.1 Å². The van der Waals surface area contributed by atoms with E-state index in [9.17, 15) is 9.18 Å². The van der Waals surface area contributed by atoms with Crippen molar-refractivity contribution in [2.45, 2.75) is 6.92 Å². The molecule has 6 nitrogen and oxygen atoms in total. The lowest BCUT2D eigenvalue weighted by molar-refractivity contribution is 0.0745. The summed E-state index contributed by atoms with van der Waals surface area (Å²) in [6.07, 6.45) is 3.33. The Morgan fingerprint density at radius 1 is 0.935 bits per heavy atom. The van der Waals surface area contributed by atoms with Crippen LogP contribution in [-0.4, -0.2) is 51.6 Å². The zero-order chi connectivity index (χ0) is 21.4. The minimum atomic E-state index is -0.287. The summed E-state index contributed by atoms with van der Waals surface area (Å²) in [5, 5.41) is 4.44. The van der Waals surface area contributed by atoms with E-state index in [0.717, 1.165) is 29.9 Å². The van der Waals surface area contributed by atoms with E-state index >= 15 is 0 Å². The maximum Gasteiger partial charge on any atom is 0.257 e. The van der Waals surface area contributed by atoms with Gasteiger partial charge in [-0.3, -0.25) is 4.79 Å². The second kappa shape index (κ2) is 7.83. The molecule has 2 aromatic heterocycles. The maximum absolute atomic E-state index is 13.3. The van der Waals surface area contributed by atoms with Gasteiger partial charge in [0, 0.05) is 43.6 Å². The second-order valence-electron chi connectivity index (χ2n) is 7.67. The highest BCUT2D eigenvalue weighted by Gasteiger charge is 2.25. The Hall–Kier alpha value is -3.74. The van der Waals surface area contributed by atoms with E-state index in [2.05, 4.69) is 27.1 Å². The molecule has 31 heavy (non-hydrogen) atoms. The lowest BCUT2D eigenvalue weighted by Crippen LogP contribution is -2.49. The van der Waals surface area contributed by atoms with Gasteiger partial charge in [-0.25, -0.2) is 13.9 Å². The van der Waals surface area contributed by atoms with E-state index in [1.165, 1.54) is 17.8 Å². The van der Waals surface area contributed by atoms with Crippen molar-refractivity contribution in [1.29, 1.82) is 0 Å². The molecule has 3 heterocycles. The monoisotopic (exact) mass is 415 g/mol. The van der Waals surface area contributed by atoms with E-state index in [1.54, 1.807) is 29.0 Å². The molecule has 1 saturated heterocycles. The van der Waals surface area contributed by atoms with Crippen LogP contribution in [0.15, 0.2) is 67.0 Å². The number of piperazine rings is 1. The standard InChI is InChI=1S/C24H22FN5O/c1-17-21(24(31)29-13-11-28(12-14-29)20-5-3-2-4-6-20)15-26-23-22(16-27-30(17)23)18-7-9-19(25)10-8-18/h2-10,15-16H,11-14H2,1H3. The van der Waals surface area contributed by atoms with Gasteiger partial charge in [-0.05, 0) is 36.8 Å². The summed E-state index contributed by atoms with van der Waals surface area (Å²) in [6, 6.07) is 16.5. The predicted molar refractivity (Wildman–Crippen MR) is 118 cm³/mol. The Bertz CT molecular complexity index is 1230. The molecule has 1 aliphatic heterocycles. The topological polar surface area (TPSA) is 53.7 Å². The molecule has 1 amide bonds. The number of rotatable bonds is 3. The fraction of sp³-hybridized carbons (Fsp3) is 0.208. The Balaban J connectivity index is 1.37. The van der Waals surface area contributed by atoms with Gasteiger partial charge < -0.3 is 9.80 Å². The minimum absolute atomic E-state index is 0.0292. The van der Waals surface area contributed by atoms with E-state index < -0.39 is 0 Å². The van der Waals surface area contributed by atoms with Crippen molar-refractivity contribution in [2.24, 2.45) is 0 Å². The normalized spacial score (nSPS) is 14.3. The number of carbonyl (C=O) groups excluding carboxylic acids is 1. The first-order chi connectivity index (χ1) is 15.1. The van der Waals surface area contributed by atoms with Crippen molar-refractivity contribution in [2.75, 3.05) is 31.1 Å². The molecule has 0 N–H and O–H groups in total. The molecular formula is C24H22FN5O. The third-order valence-electron chi connectivity index (χ3n) is 5.84. The molecule has 2 aromatic carbocycles. The van der Waals surface area contributed by atoms with Crippen LogP contribution in [0.3, 0.4) is 0 Å². The molecule has 0 aliphatic carbocycles. The number of amides is 1. The molecule has 156 valence electrons. The van der Waals surface area contributed by atoms with E-state index in [0.29, 0.717) is 24.3 Å². The fourth-order valence-electron chi connectivity index (χ4n) is 4.06. The third-order valence-corrected chi connectivity index (χ3v) is 5.84. The molecule has 0 atom stereocenters. The molecule has 7 heteroatoms. The third kappa shape index (κ3) is 3.52. The number of aryl methyl sites for hydroxylation is 1. The summed E-state index contributed by atoms with van der Waals surface area (Å²) in [5.74, 6) is -0.317. The van der Waals surface area contributed by atoms with Gasteiger partial charge in [-0.15, -0.1) is 0 Å². The Morgan fingerprint density at radius 3 is 2.35 bits per heavy atom. The predicted octanol–water partition coefficient (Wildman–Crippen LogP) is 3.81.